The smallest absolute Gasteiger partial charge is 0.220 e. The Morgan fingerprint density at radius 1 is 0.389 bits per heavy atom. The van der Waals surface area contributed by atoms with E-state index in [0.717, 1.165) is 77.0 Å². The van der Waals surface area contributed by atoms with Crippen LogP contribution in [0.3, 0.4) is 0 Å². The first-order valence-electron chi connectivity index (χ1n) is 37.7. The number of allylic oxidation sites excluding steroid dienone is 11. The number of carbonyl (C=O) groups is 1. The number of rotatable bonds is 58. The predicted molar refractivity (Wildman–Crippen MR) is 374 cm³/mol. The van der Waals surface area contributed by atoms with Gasteiger partial charge in [0.15, 0.2) is 18.9 Å². The Morgan fingerprint density at radius 2 is 0.726 bits per heavy atom. The van der Waals surface area contributed by atoms with E-state index in [1.54, 1.807) is 6.08 Å². The van der Waals surface area contributed by atoms with E-state index in [0.29, 0.717) is 6.42 Å². The fraction of sp³-hybridized carbons (Fsp3) is 0.829. The Balaban J connectivity index is 1.31. The average molecular weight is 1350 g/mol. The van der Waals surface area contributed by atoms with Crippen molar-refractivity contribution in [1.82, 2.24) is 5.32 Å². The largest absolute Gasteiger partial charge is 0.394 e. The summed E-state index contributed by atoms with van der Waals surface area (Å²) in [6.07, 6.45) is 46.2. The third kappa shape index (κ3) is 38.0. The maximum Gasteiger partial charge on any atom is 0.220 e. The number of amides is 1. The lowest BCUT2D eigenvalue weighted by atomic mass is 9.96. The van der Waals surface area contributed by atoms with Crippen molar-refractivity contribution in [3.8, 4) is 0 Å². The zero-order chi connectivity index (χ0) is 68.9. The standard InChI is InChI=1S/C76H135NO18/c1-3-5-7-9-11-13-15-17-18-19-20-21-22-23-24-25-26-27-28-29-30-31-32-33-34-35-36-37-38-39-40-42-44-46-48-50-52-54-64(82)77-59(60(81)53-51-49-47-45-43-41-16-14-12-10-8-6-4-2)58-90-74-70(88)67(85)72(62(56-79)92-74)95-76-71(89)68(86)73(63(57-80)93-76)94-75-69(87)66(84)65(83)61(55-78)91-75/h5,7,11,13,17-18,20-21,23-24,51,53,59-63,65-76,78-81,83-89H,3-4,6,8-10,12,14-16,19,22,25-50,52,54-58H2,1-2H3,(H,77,82)/b7-5-,13-11-,18-17-,21-20-,24-23-,53-51+. The van der Waals surface area contributed by atoms with Crippen molar-refractivity contribution in [2.24, 2.45) is 0 Å². The third-order valence-electron chi connectivity index (χ3n) is 18.5. The fourth-order valence-electron chi connectivity index (χ4n) is 12.5. The molecule has 3 aliphatic heterocycles. The van der Waals surface area contributed by atoms with Gasteiger partial charge in [0.2, 0.25) is 5.91 Å². The molecule has 0 aromatic rings. The molecule has 0 aromatic carbocycles. The van der Waals surface area contributed by atoms with Crippen LogP contribution in [0.1, 0.15) is 271 Å². The average Bonchev–Trinajstić information content (AvgIpc) is 0.791. The Bertz CT molecular complexity index is 2000. The van der Waals surface area contributed by atoms with Crippen molar-refractivity contribution in [1.29, 1.82) is 0 Å². The van der Waals surface area contributed by atoms with Gasteiger partial charge >= 0.3 is 0 Å². The number of unbranched alkanes of at least 4 members (excludes halogenated alkanes) is 32. The van der Waals surface area contributed by atoms with Crippen LogP contribution >= 0.6 is 0 Å². The number of aliphatic hydroxyl groups is 11. The topological polar surface area (TPSA) is 307 Å². The van der Waals surface area contributed by atoms with Crippen LogP contribution in [0.2, 0.25) is 0 Å². The number of nitrogens with one attached hydrogen (secondary N) is 1. The van der Waals surface area contributed by atoms with Crippen LogP contribution in [0.5, 0.6) is 0 Å². The summed E-state index contributed by atoms with van der Waals surface area (Å²) in [6.45, 7) is 1.62. The van der Waals surface area contributed by atoms with Crippen LogP contribution in [-0.2, 0) is 33.2 Å². The van der Waals surface area contributed by atoms with Crippen LogP contribution in [0.25, 0.3) is 0 Å². The second kappa shape index (κ2) is 56.9. The zero-order valence-electron chi connectivity index (χ0n) is 58.6. The van der Waals surface area contributed by atoms with E-state index >= 15 is 0 Å². The van der Waals surface area contributed by atoms with Gasteiger partial charge in [0.25, 0.3) is 0 Å². The highest BCUT2D eigenvalue weighted by molar-refractivity contribution is 5.76. The molecule has 0 aliphatic carbocycles. The minimum absolute atomic E-state index is 0.244. The van der Waals surface area contributed by atoms with E-state index in [1.807, 2.05) is 6.08 Å². The molecule has 17 unspecified atom stereocenters. The highest BCUT2D eigenvalue weighted by Gasteiger charge is 2.53. The van der Waals surface area contributed by atoms with E-state index in [9.17, 15) is 61.0 Å². The number of ether oxygens (including phenoxy) is 6. The molecule has 1 amide bonds. The van der Waals surface area contributed by atoms with Crippen molar-refractivity contribution in [2.75, 3.05) is 26.4 Å². The first kappa shape index (κ1) is 86.5. The summed E-state index contributed by atoms with van der Waals surface area (Å²) in [5, 5.41) is 120. The molecule has 3 aliphatic rings. The van der Waals surface area contributed by atoms with Crippen LogP contribution in [0, 0.1) is 0 Å². The lowest BCUT2D eigenvalue weighted by molar-refractivity contribution is -0.379. The van der Waals surface area contributed by atoms with E-state index < -0.39 is 124 Å². The Hall–Kier alpha value is -2.77. The van der Waals surface area contributed by atoms with Crippen LogP contribution < -0.4 is 5.32 Å². The molecule has 19 heteroatoms. The van der Waals surface area contributed by atoms with Gasteiger partial charge in [-0.2, -0.15) is 0 Å². The van der Waals surface area contributed by atoms with Gasteiger partial charge in [-0.3, -0.25) is 4.79 Å². The summed E-state index contributed by atoms with van der Waals surface area (Å²) >= 11 is 0. The molecule has 12 N–H and O–H groups in total. The highest BCUT2D eigenvalue weighted by atomic mass is 16.8. The number of carbonyl (C=O) groups excluding carboxylic acids is 1. The molecule has 3 saturated heterocycles. The van der Waals surface area contributed by atoms with Gasteiger partial charge in [-0.25, -0.2) is 0 Å². The van der Waals surface area contributed by atoms with Crippen molar-refractivity contribution in [3.63, 3.8) is 0 Å². The molecule has 0 aromatic heterocycles. The zero-order valence-corrected chi connectivity index (χ0v) is 58.6. The van der Waals surface area contributed by atoms with E-state index in [2.05, 4.69) is 79.9 Å². The summed E-state index contributed by atoms with van der Waals surface area (Å²) in [5.41, 5.74) is 0. The molecule has 3 heterocycles. The van der Waals surface area contributed by atoms with Crippen LogP contribution in [-0.4, -0.2) is 193 Å². The lowest BCUT2D eigenvalue weighted by Gasteiger charge is -2.48. The van der Waals surface area contributed by atoms with Crippen molar-refractivity contribution in [2.45, 2.75) is 375 Å². The van der Waals surface area contributed by atoms with Crippen LogP contribution in [0.4, 0.5) is 0 Å². The Labute approximate surface area is 572 Å². The van der Waals surface area contributed by atoms with Gasteiger partial charge in [-0.15, -0.1) is 0 Å². The van der Waals surface area contributed by atoms with Crippen LogP contribution in [0.15, 0.2) is 72.9 Å². The normalized spacial score (nSPS) is 27.6. The maximum atomic E-state index is 13.4. The first-order valence-corrected chi connectivity index (χ1v) is 37.7. The monoisotopic (exact) mass is 1350 g/mol. The van der Waals surface area contributed by atoms with Gasteiger partial charge in [-0.05, 0) is 64.2 Å². The third-order valence-corrected chi connectivity index (χ3v) is 18.5. The maximum absolute atomic E-state index is 13.4. The number of hydrogen-bond acceptors (Lipinski definition) is 18. The highest BCUT2D eigenvalue weighted by Crippen LogP contribution is 2.33. The minimum atomic E-state index is -1.98. The van der Waals surface area contributed by atoms with Crippen molar-refractivity contribution in [3.05, 3.63) is 72.9 Å². The van der Waals surface area contributed by atoms with Gasteiger partial charge in [0.05, 0.1) is 38.6 Å². The van der Waals surface area contributed by atoms with Crippen molar-refractivity contribution < 1.29 is 89.4 Å². The van der Waals surface area contributed by atoms with E-state index in [-0.39, 0.29) is 18.9 Å². The molecule has 3 fully saturated rings. The lowest BCUT2D eigenvalue weighted by Crippen LogP contribution is -2.66. The molecule has 0 radical (unpaired) electrons. The summed E-state index contributed by atoms with van der Waals surface area (Å²) in [5.74, 6) is -0.274. The minimum Gasteiger partial charge on any atom is -0.394 e. The molecular weight excluding hydrogens is 1210 g/mol. The van der Waals surface area contributed by atoms with Gasteiger partial charge in [-0.1, -0.05) is 273 Å². The molecule has 95 heavy (non-hydrogen) atoms. The van der Waals surface area contributed by atoms with Gasteiger partial charge in [0.1, 0.15) is 73.2 Å². The molecule has 19 nitrogen and oxygen atoms in total. The first-order chi connectivity index (χ1) is 46.3. The Morgan fingerprint density at radius 3 is 1.14 bits per heavy atom. The molecule has 552 valence electrons. The fourth-order valence-corrected chi connectivity index (χ4v) is 12.5. The molecule has 0 bridgehead atoms. The summed E-state index contributed by atoms with van der Waals surface area (Å²) in [6, 6.07) is -0.973. The number of aliphatic hydroxyl groups excluding tert-OH is 11. The van der Waals surface area contributed by atoms with Crippen molar-refractivity contribution >= 4 is 5.91 Å². The SMILES string of the molecule is CC/C=C\C/C=C\C/C=C\C/C=C\C/C=C\CCCCCCCCCCCCCCCCCCCCCCCC(=O)NC(COC1OC(CO)C(OC2OC(CO)C(OC3OC(CO)C(O)C(O)C3O)C(O)C2O)C(O)C1O)C(O)/C=C/CCCCCCCCCCCCC. The molecule has 0 saturated carbocycles. The predicted octanol–water partition coefficient (Wildman–Crippen LogP) is 11.3. The molecular formula is C76H135NO18. The summed E-state index contributed by atoms with van der Waals surface area (Å²) in [4.78, 5) is 13.4. The van der Waals surface area contributed by atoms with E-state index in [4.69, 9.17) is 28.4 Å². The molecule has 17 atom stereocenters. The second-order valence-corrected chi connectivity index (χ2v) is 26.7. The summed E-state index contributed by atoms with van der Waals surface area (Å²) < 4.78 is 34.3. The Kier molecular flexibility index (Phi) is 51.8. The second-order valence-electron chi connectivity index (χ2n) is 26.7. The molecule has 3 rings (SSSR count). The molecule has 0 spiro atoms. The van der Waals surface area contributed by atoms with Gasteiger partial charge < -0.3 is 89.9 Å². The van der Waals surface area contributed by atoms with Gasteiger partial charge in [0, 0.05) is 6.42 Å². The summed E-state index contributed by atoms with van der Waals surface area (Å²) in [7, 11) is 0. The number of hydrogen-bond donors (Lipinski definition) is 12. The van der Waals surface area contributed by atoms with E-state index in [1.165, 1.54) is 167 Å². The quantitative estimate of drug-likeness (QED) is 0.0199.